The fourth-order valence-electron chi connectivity index (χ4n) is 3.16. The molecule has 0 saturated heterocycles. The Bertz CT molecular complexity index is 738. The Labute approximate surface area is 159 Å². The summed E-state index contributed by atoms with van der Waals surface area (Å²) in [5, 5.41) is 2.89. The average Bonchev–Trinajstić information content (AvgIpc) is 2.73. The quantitative estimate of drug-likeness (QED) is 0.323. The first-order valence-electron chi connectivity index (χ1n) is 8.69. The molecule has 0 aromatic heterocycles. The molecule has 3 aromatic carbocycles. The molecule has 3 rings (SSSR count). The second-order valence-electron chi connectivity index (χ2n) is 6.08. The standard InChI is InChI=1S/C22H22ClO2P/c23-26(25-19-11-10-18-24,20-12-4-1-5-13-20,21-14-6-2-7-15-21)22-16-8-3-9-17-22/h1-9,12-18H,10-11,19H2. The molecule has 0 fully saturated rings. The molecular formula is C22H22ClO2P. The van der Waals surface area contributed by atoms with Gasteiger partial charge in [0.2, 0.25) is 0 Å². The van der Waals surface area contributed by atoms with Crippen LogP contribution in [0.3, 0.4) is 0 Å². The summed E-state index contributed by atoms with van der Waals surface area (Å²) in [6.45, 7) is 0.415. The first kappa shape index (κ1) is 18.8. The van der Waals surface area contributed by atoms with E-state index in [-0.39, 0.29) is 0 Å². The Morgan fingerprint density at radius 2 is 1.12 bits per heavy atom. The van der Waals surface area contributed by atoms with Gasteiger partial charge in [0.05, 0.1) is 0 Å². The van der Waals surface area contributed by atoms with Crippen molar-refractivity contribution in [1.82, 2.24) is 0 Å². The van der Waals surface area contributed by atoms with Gasteiger partial charge in [-0.3, -0.25) is 0 Å². The van der Waals surface area contributed by atoms with Crippen LogP contribution in [0.2, 0.25) is 0 Å². The van der Waals surface area contributed by atoms with E-state index in [1.165, 1.54) is 0 Å². The molecule has 3 aromatic rings. The van der Waals surface area contributed by atoms with Crippen molar-refractivity contribution in [1.29, 1.82) is 0 Å². The van der Waals surface area contributed by atoms with Gasteiger partial charge in [-0.1, -0.05) is 0 Å². The summed E-state index contributed by atoms with van der Waals surface area (Å²) in [6.07, 6.45) is -1.61. The molecule has 4 heteroatoms. The SMILES string of the molecule is O=CCCCOP(Cl)(c1ccccc1)(c1ccccc1)c1ccccc1. The van der Waals surface area contributed by atoms with Gasteiger partial charge in [0.1, 0.15) is 0 Å². The second-order valence-corrected chi connectivity index (χ2v) is 11.7. The summed E-state index contributed by atoms with van der Waals surface area (Å²) < 4.78 is 6.61. The number of carbonyl (C=O) groups excluding carboxylic acids is 1. The van der Waals surface area contributed by atoms with Crippen molar-refractivity contribution in [2.75, 3.05) is 6.61 Å². The van der Waals surface area contributed by atoms with Crippen molar-refractivity contribution in [3.63, 3.8) is 0 Å². The Kier molecular flexibility index (Phi) is 5.88. The first-order valence-corrected chi connectivity index (χ1v) is 11.7. The van der Waals surface area contributed by atoms with Crippen molar-refractivity contribution in [2.45, 2.75) is 12.8 Å². The van der Waals surface area contributed by atoms with Crippen LogP contribution in [-0.4, -0.2) is 12.9 Å². The zero-order chi connectivity index (χ0) is 18.3. The predicted molar refractivity (Wildman–Crippen MR) is 112 cm³/mol. The number of rotatable bonds is 8. The third-order valence-electron chi connectivity index (χ3n) is 4.45. The summed E-state index contributed by atoms with van der Waals surface area (Å²) in [7, 11) is 0. The molecule has 0 radical (unpaired) electrons. The van der Waals surface area contributed by atoms with E-state index in [1.54, 1.807) is 0 Å². The number of hydrogen-bond donors (Lipinski definition) is 0. The maximum absolute atomic E-state index is 10.7. The van der Waals surface area contributed by atoms with Crippen molar-refractivity contribution in [3.05, 3.63) is 91.0 Å². The normalized spacial score (nSPS) is 12.9. The Morgan fingerprint density at radius 1 is 0.731 bits per heavy atom. The molecule has 0 atom stereocenters. The van der Waals surface area contributed by atoms with Crippen molar-refractivity contribution < 1.29 is 9.32 Å². The number of halogens is 1. The molecule has 26 heavy (non-hydrogen) atoms. The Hall–Kier alpha value is -1.99. The van der Waals surface area contributed by atoms with E-state index in [0.29, 0.717) is 19.4 Å². The topological polar surface area (TPSA) is 26.3 Å². The van der Waals surface area contributed by atoms with Gasteiger partial charge in [0.25, 0.3) is 0 Å². The fraction of sp³-hybridized carbons (Fsp3) is 0.136. The van der Waals surface area contributed by atoms with Gasteiger partial charge in [-0.15, -0.1) is 0 Å². The Morgan fingerprint density at radius 3 is 1.46 bits per heavy atom. The summed E-state index contributed by atoms with van der Waals surface area (Å²) in [4.78, 5) is 10.7. The summed E-state index contributed by atoms with van der Waals surface area (Å²) in [5.41, 5.74) is 0. The van der Waals surface area contributed by atoms with Gasteiger partial charge in [-0.25, -0.2) is 0 Å². The molecule has 0 saturated carbocycles. The molecule has 0 N–H and O–H groups in total. The molecule has 0 aliphatic carbocycles. The van der Waals surface area contributed by atoms with E-state index in [0.717, 1.165) is 22.2 Å². The first-order chi connectivity index (χ1) is 12.7. The third-order valence-corrected chi connectivity index (χ3v) is 10.8. The van der Waals surface area contributed by atoms with Crippen molar-refractivity contribution in [3.8, 4) is 0 Å². The van der Waals surface area contributed by atoms with Crippen LogP contribution in [0.25, 0.3) is 0 Å². The van der Waals surface area contributed by atoms with Crippen LogP contribution in [0.4, 0.5) is 0 Å². The molecule has 0 heterocycles. The monoisotopic (exact) mass is 384 g/mol. The molecule has 0 spiro atoms. The van der Waals surface area contributed by atoms with Crippen molar-refractivity contribution in [2.24, 2.45) is 0 Å². The van der Waals surface area contributed by atoms with Crippen LogP contribution in [0.1, 0.15) is 12.8 Å². The van der Waals surface area contributed by atoms with Gasteiger partial charge in [0, 0.05) is 0 Å². The van der Waals surface area contributed by atoms with Crippen LogP contribution < -0.4 is 15.9 Å². The number of hydrogen-bond acceptors (Lipinski definition) is 2. The molecule has 134 valence electrons. The van der Waals surface area contributed by atoms with Crippen LogP contribution in [-0.2, 0) is 9.32 Å². The van der Waals surface area contributed by atoms with Gasteiger partial charge >= 0.3 is 159 Å². The molecule has 0 bridgehead atoms. The van der Waals surface area contributed by atoms with E-state index >= 15 is 0 Å². The second kappa shape index (κ2) is 8.14. The summed E-state index contributed by atoms with van der Waals surface area (Å²) in [5.74, 6) is 0. The van der Waals surface area contributed by atoms with Gasteiger partial charge in [0.15, 0.2) is 0 Å². The third kappa shape index (κ3) is 3.33. The number of unbranched alkanes of at least 4 members (excludes halogenated alkanes) is 1. The van der Waals surface area contributed by atoms with Crippen LogP contribution in [0.15, 0.2) is 91.0 Å². The van der Waals surface area contributed by atoms with E-state index in [9.17, 15) is 4.79 Å². The van der Waals surface area contributed by atoms with E-state index < -0.39 is 6.18 Å². The molecule has 2 nitrogen and oxygen atoms in total. The predicted octanol–water partition coefficient (Wildman–Crippen LogP) is 4.58. The number of aldehydes is 1. The number of carbonyl (C=O) groups is 1. The average molecular weight is 385 g/mol. The fourth-order valence-corrected chi connectivity index (χ4v) is 8.31. The molecule has 0 aliphatic rings. The minimum atomic E-state index is -3.63. The minimum absolute atomic E-state index is 0.415. The van der Waals surface area contributed by atoms with Crippen LogP contribution >= 0.6 is 17.4 Å². The molecular weight excluding hydrogens is 363 g/mol. The van der Waals surface area contributed by atoms with Gasteiger partial charge < -0.3 is 0 Å². The van der Waals surface area contributed by atoms with Crippen LogP contribution in [0.5, 0.6) is 0 Å². The Balaban J connectivity index is 2.26. The van der Waals surface area contributed by atoms with E-state index in [2.05, 4.69) is 0 Å². The van der Waals surface area contributed by atoms with E-state index in [1.807, 2.05) is 91.0 Å². The molecule has 0 unspecified atom stereocenters. The maximum atomic E-state index is 10.7. The van der Waals surface area contributed by atoms with E-state index in [4.69, 9.17) is 15.8 Å². The zero-order valence-electron chi connectivity index (χ0n) is 14.5. The summed E-state index contributed by atoms with van der Waals surface area (Å²) in [6, 6.07) is 30.0. The number of benzene rings is 3. The summed E-state index contributed by atoms with van der Waals surface area (Å²) >= 11 is 7.67. The van der Waals surface area contributed by atoms with Crippen LogP contribution in [0, 0.1) is 0 Å². The van der Waals surface area contributed by atoms with Gasteiger partial charge in [-0.2, -0.15) is 0 Å². The zero-order valence-corrected chi connectivity index (χ0v) is 16.2. The van der Waals surface area contributed by atoms with Crippen molar-refractivity contribution >= 4 is 39.6 Å². The van der Waals surface area contributed by atoms with Gasteiger partial charge in [-0.05, 0) is 0 Å². The molecule has 0 aliphatic heterocycles. The molecule has 0 amide bonds.